The number of oxime groups is 1. The molecule has 1 aromatic heterocycles. The Labute approximate surface area is 93.1 Å². The van der Waals surface area contributed by atoms with E-state index in [1.54, 1.807) is 13.0 Å². The molecule has 1 unspecified atom stereocenters. The van der Waals surface area contributed by atoms with Gasteiger partial charge in [-0.1, -0.05) is 12.1 Å². The number of hydrogen-bond acceptors (Lipinski definition) is 4. The minimum atomic E-state index is -0.479. The first kappa shape index (κ1) is 12.1. The molecule has 0 aliphatic rings. The zero-order valence-electron chi connectivity index (χ0n) is 9.23. The lowest BCUT2D eigenvalue weighted by Gasteiger charge is -2.14. The van der Waals surface area contributed by atoms with Crippen LogP contribution in [0.5, 0.6) is 0 Å². The molecule has 1 aromatic rings. The van der Waals surface area contributed by atoms with Crippen molar-refractivity contribution in [1.82, 2.24) is 5.32 Å². The van der Waals surface area contributed by atoms with Gasteiger partial charge in [0.1, 0.15) is 12.0 Å². The van der Waals surface area contributed by atoms with Crippen molar-refractivity contribution in [2.45, 2.75) is 26.3 Å². The van der Waals surface area contributed by atoms with Gasteiger partial charge in [0.2, 0.25) is 0 Å². The van der Waals surface area contributed by atoms with Crippen molar-refractivity contribution < 1.29 is 14.4 Å². The van der Waals surface area contributed by atoms with E-state index in [2.05, 4.69) is 10.5 Å². The Morgan fingerprint density at radius 2 is 2.44 bits per heavy atom. The second-order valence-electron chi connectivity index (χ2n) is 3.41. The van der Waals surface area contributed by atoms with Crippen LogP contribution < -0.4 is 11.1 Å². The smallest absolute Gasteiger partial charge is 0.255 e. The highest BCUT2D eigenvalue weighted by Crippen LogP contribution is 2.06. The average molecular weight is 225 g/mol. The fraction of sp³-hybridized carbons (Fsp3) is 0.400. The van der Waals surface area contributed by atoms with E-state index in [4.69, 9.17) is 15.4 Å². The Balaban J connectivity index is 2.70. The third kappa shape index (κ3) is 2.75. The molecule has 6 nitrogen and oxygen atoms in total. The number of nitrogens with zero attached hydrogens (tertiary/aromatic N) is 1. The Kier molecular flexibility index (Phi) is 3.93. The molecular formula is C10H15N3O3. The molecule has 1 rings (SSSR count). The van der Waals surface area contributed by atoms with E-state index in [9.17, 15) is 4.79 Å². The molecule has 0 saturated heterocycles. The summed E-state index contributed by atoms with van der Waals surface area (Å²) in [5.74, 6) is 0.327. The molecule has 0 spiro atoms. The van der Waals surface area contributed by atoms with E-state index in [1.165, 1.54) is 6.26 Å². The Morgan fingerprint density at radius 1 is 1.75 bits per heavy atom. The zero-order valence-corrected chi connectivity index (χ0v) is 9.23. The van der Waals surface area contributed by atoms with Gasteiger partial charge in [-0.3, -0.25) is 4.79 Å². The Bertz CT molecular complexity index is 398. The molecule has 1 amide bonds. The quantitative estimate of drug-likeness (QED) is 0.306. The van der Waals surface area contributed by atoms with Gasteiger partial charge >= 0.3 is 0 Å². The molecule has 1 heterocycles. The maximum Gasteiger partial charge on any atom is 0.255 e. The summed E-state index contributed by atoms with van der Waals surface area (Å²) in [5, 5.41) is 14.0. The normalized spacial score (nSPS) is 13.5. The summed E-state index contributed by atoms with van der Waals surface area (Å²) >= 11 is 0. The van der Waals surface area contributed by atoms with Crippen molar-refractivity contribution in [3.63, 3.8) is 0 Å². The maximum atomic E-state index is 11.7. The SMILES string of the molecule is CCC(NC(=O)c1coc(C)c1)C(N)=NO. The first-order chi connectivity index (χ1) is 7.58. The molecule has 6 heteroatoms. The number of nitrogens with two attached hydrogens (primary N) is 1. The number of carbonyl (C=O) groups is 1. The molecule has 1 atom stereocenters. The standard InChI is InChI=1S/C10H15N3O3/c1-3-8(9(11)13-15)12-10(14)7-4-6(2)16-5-7/h4-5,8,15H,3H2,1-2H3,(H2,11,13)(H,12,14). The van der Waals surface area contributed by atoms with Gasteiger partial charge in [0.15, 0.2) is 5.84 Å². The highest BCUT2D eigenvalue weighted by molar-refractivity contribution is 5.98. The molecule has 0 aliphatic heterocycles. The second-order valence-corrected chi connectivity index (χ2v) is 3.41. The average Bonchev–Trinajstić information content (AvgIpc) is 2.71. The van der Waals surface area contributed by atoms with E-state index in [1.807, 2.05) is 6.92 Å². The second kappa shape index (κ2) is 5.20. The number of furan rings is 1. The minimum absolute atomic E-state index is 0.0175. The van der Waals surface area contributed by atoms with Gasteiger partial charge in [0.05, 0.1) is 11.6 Å². The highest BCUT2D eigenvalue weighted by atomic mass is 16.4. The van der Waals surface area contributed by atoms with Gasteiger partial charge < -0.3 is 20.7 Å². The van der Waals surface area contributed by atoms with Crippen molar-refractivity contribution in [2.24, 2.45) is 10.9 Å². The first-order valence-electron chi connectivity index (χ1n) is 4.91. The van der Waals surface area contributed by atoms with Gasteiger partial charge in [-0.05, 0) is 19.4 Å². The van der Waals surface area contributed by atoms with Crippen LogP contribution in [0.2, 0.25) is 0 Å². The molecule has 0 fully saturated rings. The third-order valence-electron chi connectivity index (χ3n) is 2.18. The van der Waals surface area contributed by atoms with Crippen molar-refractivity contribution in [3.05, 3.63) is 23.7 Å². The summed E-state index contributed by atoms with van der Waals surface area (Å²) in [6, 6.07) is 1.14. The van der Waals surface area contributed by atoms with E-state index in [-0.39, 0.29) is 11.7 Å². The molecular weight excluding hydrogens is 210 g/mol. The van der Waals surface area contributed by atoms with Crippen molar-refractivity contribution >= 4 is 11.7 Å². The van der Waals surface area contributed by atoms with Crippen molar-refractivity contribution in [2.75, 3.05) is 0 Å². The van der Waals surface area contributed by atoms with Crippen LogP contribution >= 0.6 is 0 Å². The molecule has 0 aliphatic carbocycles. The van der Waals surface area contributed by atoms with Gasteiger partial charge in [-0.2, -0.15) is 0 Å². The fourth-order valence-electron chi connectivity index (χ4n) is 1.26. The summed E-state index contributed by atoms with van der Waals surface area (Å²) in [4.78, 5) is 11.7. The molecule has 4 N–H and O–H groups in total. The fourth-order valence-corrected chi connectivity index (χ4v) is 1.26. The number of carbonyl (C=O) groups excluding carboxylic acids is 1. The van der Waals surface area contributed by atoms with E-state index >= 15 is 0 Å². The number of amides is 1. The summed E-state index contributed by atoms with van der Waals surface area (Å²) in [6.45, 7) is 3.57. The van der Waals surface area contributed by atoms with Crippen LogP contribution in [0.1, 0.15) is 29.5 Å². The maximum absolute atomic E-state index is 11.7. The summed E-state index contributed by atoms with van der Waals surface area (Å²) in [7, 11) is 0. The Morgan fingerprint density at radius 3 is 2.88 bits per heavy atom. The van der Waals surface area contributed by atoms with Crippen LogP contribution in [0.25, 0.3) is 0 Å². The van der Waals surface area contributed by atoms with Gasteiger partial charge in [0, 0.05) is 0 Å². The molecule has 0 aromatic carbocycles. The molecule has 0 saturated carbocycles. The lowest BCUT2D eigenvalue weighted by Crippen LogP contribution is -2.44. The number of hydrogen-bond donors (Lipinski definition) is 3. The van der Waals surface area contributed by atoms with E-state index in [0.29, 0.717) is 17.7 Å². The number of amidine groups is 1. The summed E-state index contributed by atoms with van der Waals surface area (Å²) < 4.78 is 5.02. The molecule has 88 valence electrons. The highest BCUT2D eigenvalue weighted by Gasteiger charge is 2.16. The van der Waals surface area contributed by atoms with Gasteiger partial charge in [-0.25, -0.2) is 0 Å². The predicted molar refractivity (Wildman–Crippen MR) is 58.4 cm³/mol. The minimum Gasteiger partial charge on any atom is -0.469 e. The van der Waals surface area contributed by atoms with Crippen LogP contribution in [0.15, 0.2) is 21.9 Å². The summed E-state index contributed by atoms with van der Waals surface area (Å²) in [6.07, 6.45) is 1.90. The molecule has 0 bridgehead atoms. The largest absolute Gasteiger partial charge is 0.469 e. The third-order valence-corrected chi connectivity index (χ3v) is 2.18. The lowest BCUT2D eigenvalue weighted by atomic mass is 10.2. The van der Waals surface area contributed by atoms with Crippen molar-refractivity contribution in [3.8, 4) is 0 Å². The molecule has 0 radical (unpaired) electrons. The summed E-state index contributed by atoms with van der Waals surface area (Å²) in [5.41, 5.74) is 5.84. The first-order valence-corrected chi connectivity index (χ1v) is 4.91. The Hall–Kier alpha value is -1.98. The number of rotatable bonds is 4. The van der Waals surface area contributed by atoms with Crippen LogP contribution in [0.3, 0.4) is 0 Å². The van der Waals surface area contributed by atoms with Crippen LogP contribution in [0.4, 0.5) is 0 Å². The molecule has 16 heavy (non-hydrogen) atoms. The lowest BCUT2D eigenvalue weighted by molar-refractivity contribution is 0.0945. The van der Waals surface area contributed by atoms with Crippen LogP contribution in [-0.4, -0.2) is 23.0 Å². The van der Waals surface area contributed by atoms with Gasteiger partial charge in [0.25, 0.3) is 5.91 Å². The van der Waals surface area contributed by atoms with Crippen LogP contribution in [0, 0.1) is 6.92 Å². The van der Waals surface area contributed by atoms with Gasteiger partial charge in [-0.15, -0.1) is 0 Å². The number of nitrogens with one attached hydrogen (secondary N) is 1. The van der Waals surface area contributed by atoms with E-state index in [0.717, 1.165) is 0 Å². The topological polar surface area (TPSA) is 101 Å². The van der Waals surface area contributed by atoms with Crippen molar-refractivity contribution in [1.29, 1.82) is 0 Å². The van der Waals surface area contributed by atoms with Crippen LogP contribution in [-0.2, 0) is 0 Å². The predicted octanol–water partition coefficient (Wildman–Crippen LogP) is 0.843. The zero-order chi connectivity index (χ0) is 12.1. The monoisotopic (exact) mass is 225 g/mol. The number of aryl methyl sites for hydroxylation is 1. The van der Waals surface area contributed by atoms with E-state index < -0.39 is 6.04 Å².